The molecule has 1 aliphatic rings. The molecule has 0 aliphatic heterocycles. The summed E-state index contributed by atoms with van der Waals surface area (Å²) in [5.74, 6) is -0.441. The molecule has 0 aromatic heterocycles. The third-order valence-corrected chi connectivity index (χ3v) is 4.15. The number of carboxylic acids is 1. The van der Waals surface area contributed by atoms with Gasteiger partial charge in [0.15, 0.2) is 0 Å². The number of hydrogen-bond acceptors (Lipinski definition) is 2. The summed E-state index contributed by atoms with van der Waals surface area (Å²) in [6.07, 6.45) is 7.55. The topological polar surface area (TPSA) is 57.6 Å². The standard InChI is InChI=1S/C17H23NO3/c19-16(12-11-14-7-3-1-4-8-14)18(13-17(20)21)15-9-5-2-6-10-15/h2,5-6,9-10,14H,1,3-4,7-8,11-13H2,(H,20,21). The molecule has 0 radical (unpaired) electrons. The van der Waals surface area contributed by atoms with Gasteiger partial charge in [-0.05, 0) is 24.5 Å². The van der Waals surface area contributed by atoms with E-state index in [1.165, 1.54) is 37.0 Å². The van der Waals surface area contributed by atoms with Gasteiger partial charge in [-0.15, -0.1) is 0 Å². The van der Waals surface area contributed by atoms with Crippen molar-refractivity contribution in [1.82, 2.24) is 0 Å². The fourth-order valence-electron chi connectivity index (χ4n) is 3.01. The summed E-state index contributed by atoms with van der Waals surface area (Å²) < 4.78 is 0. The molecule has 0 saturated heterocycles. The van der Waals surface area contributed by atoms with Gasteiger partial charge < -0.3 is 10.0 Å². The van der Waals surface area contributed by atoms with Crippen LogP contribution in [0.4, 0.5) is 5.69 Å². The van der Waals surface area contributed by atoms with E-state index < -0.39 is 5.97 Å². The Kier molecular flexibility index (Phi) is 5.78. The van der Waals surface area contributed by atoms with E-state index in [2.05, 4.69) is 0 Å². The van der Waals surface area contributed by atoms with Crippen molar-refractivity contribution in [3.05, 3.63) is 30.3 Å². The highest BCUT2D eigenvalue weighted by Gasteiger charge is 2.21. The predicted octanol–water partition coefficient (Wildman–Crippen LogP) is 3.46. The van der Waals surface area contributed by atoms with Crippen molar-refractivity contribution in [3.63, 3.8) is 0 Å². The van der Waals surface area contributed by atoms with E-state index in [0.29, 0.717) is 18.0 Å². The first-order valence-corrected chi connectivity index (χ1v) is 7.74. The van der Waals surface area contributed by atoms with Gasteiger partial charge in [0.2, 0.25) is 5.91 Å². The minimum absolute atomic E-state index is 0.0887. The summed E-state index contributed by atoms with van der Waals surface area (Å²) in [5.41, 5.74) is 0.661. The van der Waals surface area contributed by atoms with E-state index in [1.54, 1.807) is 12.1 Å². The molecule has 0 spiro atoms. The number of carboxylic acid groups (broad SMARTS) is 1. The maximum Gasteiger partial charge on any atom is 0.323 e. The zero-order valence-corrected chi connectivity index (χ0v) is 12.3. The molecule has 1 N–H and O–H groups in total. The van der Waals surface area contributed by atoms with Gasteiger partial charge in [0, 0.05) is 12.1 Å². The first-order valence-electron chi connectivity index (χ1n) is 7.74. The molecule has 1 saturated carbocycles. The molecule has 1 fully saturated rings. The van der Waals surface area contributed by atoms with E-state index >= 15 is 0 Å². The van der Waals surface area contributed by atoms with E-state index in [0.717, 1.165) is 6.42 Å². The summed E-state index contributed by atoms with van der Waals surface area (Å²) >= 11 is 0. The Hall–Kier alpha value is -1.84. The van der Waals surface area contributed by atoms with Gasteiger partial charge in [-0.1, -0.05) is 50.3 Å². The smallest absolute Gasteiger partial charge is 0.323 e. The van der Waals surface area contributed by atoms with Gasteiger partial charge in [-0.3, -0.25) is 9.59 Å². The fourth-order valence-corrected chi connectivity index (χ4v) is 3.01. The summed E-state index contributed by atoms with van der Waals surface area (Å²) in [7, 11) is 0. The number of rotatable bonds is 6. The van der Waals surface area contributed by atoms with Crippen molar-refractivity contribution in [3.8, 4) is 0 Å². The SMILES string of the molecule is O=C(O)CN(C(=O)CCC1CCCCC1)c1ccccc1. The van der Waals surface area contributed by atoms with Crippen LogP contribution < -0.4 is 4.90 Å². The Morgan fingerprint density at radius 1 is 1.10 bits per heavy atom. The molecule has 21 heavy (non-hydrogen) atoms. The molecule has 2 rings (SSSR count). The molecule has 114 valence electrons. The Morgan fingerprint density at radius 3 is 2.38 bits per heavy atom. The van der Waals surface area contributed by atoms with Crippen LogP contribution in [0.15, 0.2) is 30.3 Å². The number of hydrogen-bond donors (Lipinski definition) is 1. The van der Waals surface area contributed by atoms with Crippen LogP contribution in [-0.2, 0) is 9.59 Å². The van der Waals surface area contributed by atoms with Gasteiger partial charge in [-0.2, -0.15) is 0 Å². The monoisotopic (exact) mass is 289 g/mol. The second kappa shape index (κ2) is 7.81. The second-order valence-electron chi connectivity index (χ2n) is 5.75. The fraction of sp³-hybridized carbons (Fsp3) is 0.529. The first kappa shape index (κ1) is 15.5. The molecule has 1 aromatic carbocycles. The summed E-state index contributed by atoms with van der Waals surface area (Å²) in [4.78, 5) is 24.8. The van der Waals surface area contributed by atoms with Crippen LogP contribution in [0.1, 0.15) is 44.9 Å². The maximum absolute atomic E-state index is 12.4. The molecular weight excluding hydrogens is 266 g/mol. The van der Waals surface area contributed by atoms with E-state index in [1.807, 2.05) is 18.2 Å². The zero-order chi connectivity index (χ0) is 15.1. The quantitative estimate of drug-likeness (QED) is 0.872. The van der Waals surface area contributed by atoms with Crippen LogP contribution in [0.2, 0.25) is 0 Å². The number of nitrogens with zero attached hydrogens (tertiary/aromatic N) is 1. The lowest BCUT2D eigenvalue weighted by Crippen LogP contribution is -2.35. The summed E-state index contributed by atoms with van der Waals surface area (Å²) in [6, 6.07) is 9.05. The number of carbonyl (C=O) groups excluding carboxylic acids is 1. The summed E-state index contributed by atoms with van der Waals surface area (Å²) in [6.45, 7) is -0.270. The van der Waals surface area contributed by atoms with Gasteiger partial charge in [0.05, 0.1) is 0 Å². The molecule has 0 bridgehead atoms. The van der Waals surface area contributed by atoms with Crippen molar-refractivity contribution in [1.29, 1.82) is 0 Å². The highest BCUT2D eigenvalue weighted by molar-refractivity contribution is 5.97. The molecular formula is C17H23NO3. The van der Waals surface area contributed by atoms with Gasteiger partial charge in [0.25, 0.3) is 0 Å². The third kappa shape index (κ3) is 4.88. The highest BCUT2D eigenvalue weighted by atomic mass is 16.4. The van der Waals surface area contributed by atoms with E-state index in [9.17, 15) is 9.59 Å². The minimum Gasteiger partial charge on any atom is -0.480 e. The minimum atomic E-state index is -0.982. The molecule has 0 atom stereocenters. The van der Waals surface area contributed by atoms with Crippen molar-refractivity contribution in [2.45, 2.75) is 44.9 Å². The van der Waals surface area contributed by atoms with Crippen LogP contribution in [-0.4, -0.2) is 23.5 Å². The lowest BCUT2D eigenvalue weighted by molar-refractivity contribution is -0.136. The van der Waals surface area contributed by atoms with Crippen molar-refractivity contribution in [2.24, 2.45) is 5.92 Å². The van der Waals surface area contributed by atoms with Crippen LogP contribution in [0.3, 0.4) is 0 Å². The number of carbonyl (C=O) groups is 2. The van der Waals surface area contributed by atoms with Gasteiger partial charge >= 0.3 is 5.97 Å². The molecule has 0 unspecified atom stereocenters. The average molecular weight is 289 g/mol. The molecule has 4 heteroatoms. The average Bonchev–Trinajstić information content (AvgIpc) is 2.52. The molecule has 1 aliphatic carbocycles. The lowest BCUT2D eigenvalue weighted by Gasteiger charge is -2.24. The zero-order valence-electron chi connectivity index (χ0n) is 12.3. The lowest BCUT2D eigenvalue weighted by atomic mass is 9.86. The Morgan fingerprint density at radius 2 is 1.76 bits per heavy atom. The van der Waals surface area contributed by atoms with Gasteiger partial charge in [-0.25, -0.2) is 0 Å². The van der Waals surface area contributed by atoms with Crippen LogP contribution in [0, 0.1) is 5.92 Å². The van der Waals surface area contributed by atoms with Crippen LogP contribution in [0.25, 0.3) is 0 Å². The Bertz CT molecular complexity index is 466. The largest absolute Gasteiger partial charge is 0.480 e. The number of para-hydroxylation sites is 1. The normalized spacial score (nSPS) is 15.6. The summed E-state index contributed by atoms with van der Waals surface area (Å²) in [5, 5.41) is 9.02. The maximum atomic E-state index is 12.4. The number of amides is 1. The van der Waals surface area contributed by atoms with Crippen molar-refractivity contribution >= 4 is 17.6 Å². The van der Waals surface area contributed by atoms with Crippen molar-refractivity contribution in [2.75, 3.05) is 11.4 Å². The molecule has 0 heterocycles. The van der Waals surface area contributed by atoms with Crippen LogP contribution in [0.5, 0.6) is 0 Å². The van der Waals surface area contributed by atoms with E-state index in [4.69, 9.17) is 5.11 Å². The number of benzene rings is 1. The van der Waals surface area contributed by atoms with Crippen molar-refractivity contribution < 1.29 is 14.7 Å². The predicted molar refractivity (Wildman–Crippen MR) is 82.2 cm³/mol. The van der Waals surface area contributed by atoms with E-state index in [-0.39, 0.29) is 12.5 Å². The Labute approximate surface area is 125 Å². The van der Waals surface area contributed by atoms with Crippen LogP contribution >= 0.6 is 0 Å². The molecule has 1 aromatic rings. The number of anilines is 1. The highest BCUT2D eigenvalue weighted by Crippen LogP contribution is 2.28. The van der Waals surface area contributed by atoms with Gasteiger partial charge in [0.1, 0.15) is 6.54 Å². The Balaban J connectivity index is 1.95. The molecule has 4 nitrogen and oxygen atoms in total. The molecule has 1 amide bonds. The number of aliphatic carboxylic acids is 1. The first-order chi connectivity index (χ1) is 10.2. The second-order valence-corrected chi connectivity index (χ2v) is 5.75. The third-order valence-electron chi connectivity index (χ3n) is 4.15.